The summed E-state index contributed by atoms with van der Waals surface area (Å²) in [7, 11) is 0. The van der Waals surface area contributed by atoms with E-state index in [-0.39, 0.29) is 18.5 Å². The topological polar surface area (TPSA) is 63.4 Å². The number of halogens is 1. The molecule has 0 saturated heterocycles. The number of rotatable bonds is 4. The van der Waals surface area contributed by atoms with E-state index in [4.69, 9.17) is 9.47 Å². The number of aromatic nitrogens is 1. The zero-order valence-corrected chi connectivity index (χ0v) is 14.6. The van der Waals surface area contributed by atoms with Gasteiger partial charge in [0.25, 0.3) is 0 Å². The number of hydrogen-bond acceptors (Lipinski definition) is 3. The van der Waals surface area contributed by atoms with E-state index in [1.807, 2.05) is 32.0 Å². The van der Waals surface area contributed by atoms with Gasteiger partial charge in [0, 0.05) is 23.6 Å². The summed E-state index contributed by atoms with van der Waals surface area (Å²) in [4.78, 5) is 15.9. The highest BCUT2D eigenvalue weighted by atomic mass is 19.1. The van der Waals surface area contributed by atoms with Crippen LogP contribution in [0.25, 0.3) is 10.9 Å². The van der Waals surface area contributed by atoms with Gasteiger partial charge in [-0.3, -0.25) is 4.79 Å². The molecular weight excluding hydrogens is 335 g/mol. The zero-order valence-electron chi connectivity index (χ0n) is 14.6. The van der Waals surface area contributed by atoms with Gasteiger partial charge in [0.1, 0.15) is 5.82 Å². The van der Waals surface area contributed by atoms with E-state index in [0.29, 0.717) is 23.6 Å². The molecule has 2 N–H and O–H groups in total. The lowest BCUT2D eigenvalue weighted by Gasteiger charge is -2.23. The van der Waals surface area contributed by atoms with Crippen molar-refractivity contribution in [3.8, 4) is 11.5 Å². The molecule has 6 heteroatoms. The lowest BCUT2D eigenvalue weighted by atomic mass is 9.83. The van der Waals surface area contributed by atoms with E-state index in [1.165, 1.54) is 12.1 Å². The second kappa shape index (κ2) is 6.05. The van der Waals surface area contributed by atoms with Crippen LogP contribution in [0, 0.1) is 5.82 Å². The molecule has 0 aliphatic carbocycles. The van der Waals surface area contributed by atoms with Crippen LogP contribution in [0.15, 0.2) is 42.6 Å². The third-order valence-corrected chi connectivity index (χ3v) is 4.77. The van der Waals surface area contributed by atoms with Gasteiger partial charge in [0.15, 0.2) is 11.5 Å². The highest BCUT2D eigenvalue weighted by Crippen LogP contribution is 2.33. The quantitative estimate of drug-likeness (QED) is 0.752. The number of ether oxygens (including phenoxy) is 2. The average Bonchev–Trinajstić information content (AvgIpc) is 3.25. The van der Waals surface area contributed by atoms with Crippen molar-refractivity contribution in [2.24, 2.45) is 0 Å². The lowest BCUT2D eigenvalue weighted by molar-refractivity contribution is -0.125. The average molecular weight is 354 g/mol. The molecule has 0 radical (unpaired) electrons. The van der Waals surface area contributed by atoms with E-state index >= 15 is 0 Å². The van der Waals surface area contributed by atoms with Crippen molar-refractivity contribution in [1.82, 2.24) is 10.3 Å². The van der Waals surface area contributed by atoms with Gasteiger partial charge < -0.3 is 19.8 Å². The second-order valence-electron chi connectivity index (χ2n) is 6.89. The summed E-state index contributed by atoms with van der Waals surface area (Å²) in [6.07, 6.45) is 1.77. The molecule has 1 amide bonds. The molecule has 1 aliphatic heterocycles. The first-order chi connectivity index (χ1) is 12.4. The van der Waals surface area contributed by atoms with Crippen molar-refractivity contribution >= 4 is 16.8 Å². The van der Waals surface area contributed by atoms with Gasteiger partial charge in [-0.25, -0.2) is 4.39 Å². The molecule has 2 aromatic carbocycles. The smallest absolute Gasteiger partial charge is 0.231 e. The van der Waals surface area contributed by atoms with Gasteiger partial charge in [0.2, 0.25) is 12.7 Å². The van der Waals surface area contributed by atoms with E-state index in [0.717, 1.165) is 16.5 Å². The standard InChI is InChI=1S/C20H19FN2O3/c1-20(2,15-10-22-16-8-13(21)4-5-14(15)16)19(24)23-9-12-3-6-17-18(7-12)26-11-25-17/h3-8,10,22H,9,11H2,1-2H3,(H,23,24). The molecule has 3 aromatic rings. The van der Waals surface area contributed by atoms with E-state index < -0.39 is 5.41 Å². The molecule has 0 fully saturated rings. The van der Waals surface area contributed by atoms with Crippen molar-refractivity contribution < 1.29 is 18.7 Å². The van der Waals surface area contributed by atoms with E-state index in [1.54, 1.807) is 12.3 Å². The maximum Gasteiger partial charge on any atom is 0.231 e. The fourth-order valence-electron chi connectivity index (χ4n) is 3.19. The number of amides is 1. The third-order valence-electron chi connectivity index (χ3n) is 4.77. The Morgan fingerprint density at radius 1 is 1.19 bits per heavy atom. The van der Waals surface area contributed by atoms with Crippen LogP contribution in [-0.2, 0) is 16.8 Å². The molecule has 1 aromatic heterocycles. The van der Waals surface area contributed by atoms with Crippen molar-refractivity contribution in [3.05, 3.63) is 59.5 Å². The number of hydrogen-bond donors (Lipinski definition) is 2. The minimum atomic E-state index is -0.771. The fourth-order valence-corrected chi connectivity index (χ4v) is 3.19. The largest absolute Gasteiger partial charge is 0.454 e. The highest BCUT2D eigenvalue weighted by molar-refractivity contribution is 5.94. The van der Waals surface area contributed by atoms with Gasteiger partial charge in [-0.2, -0.15) is 0 Å². The maximum absolute atomic E-state index is 13.4. The molecule has 0 atom stereocenters. The minimum absolute atomic E-state index is 0.111. The van der Waals surface area contributed by atoms with Crippen molar-refractivity contribution in [1.29, 1.82) is 0 Å². The van der Waals surface area contributed by atoms with Crippen molar-refractivity contribution in [2.75, 3.05) is 6.79 Å². The zero-order chi connectivity index (χ0) is 18.3. The molecule has 0 spiro atoms. The molecule has 4 rings (SSSR count). The first-order valence-electron chi connectivity index (χ1n) is 8.39. The maximum atomic E-state index is 13.4. The van der Waals surface area contributed by atoms with Gasteiger partial charge in [-0.15, -0.1) is 0 Å². The molecule has 0 unspecified atom stereocenters. The van der Waals surface area contributed by atoms with Crippen LogP contribution in [0.2, 0.25) is 0 Å². The van der Waals surface area contributed by atoms with Gasteiger partial charge in [-0.05, 0) is 55.3 Å². The first kappa shape index (κ1) is 16.4. The minimum Gasteiger partial charge on any atom is -0.454 e. The van der Waals surface area contributed by atoms with Gasteiger partial charge in [-0.1, -0.05) is 6.07 Å². The van der Waals surface area contributed by atoms with Crippen molar-refractivity contribution in [2.45, 2.75) is 25.8 Å². The SMILES string of the molecule is CC(C)(C(=O)NCc1ccc2c(c1)OCO2)c1c[nH]c2cc(F)ccc12. The van der Waals surface area contributed by atoms with Gasteiger partial charge >= 0.3 is 0 Å². The molecule has 0 bridgehead atoms. The third kappa shape index (κ3) is 2.77. The summed E-state index contributed by atoms with van der Waals surface area (Å²) in [5, 5.41) is 3.81. The molecule has 2 heterocycles. The Bertz CT molecular complexity index is 994. The molecule has 0 saturated carbocycles. The van der Waals surface area contributed by atoms with Crippen LogP contribution in [0.1, 0.15) is 25.0 Å². The Labute approximate surface area is 150 Å². The number of carbonyl (C=O) groups excluding carboxylic acids is 1. The Kier molecular flexibility index (Phi) is 3.83. The van der Waals surface area contributed by atoms with E-state index in [2.05, 4.69) is 10.3 Å². The van der Waals surface area contributed by atoms with Crippen molar-refractivity contribution in [3.63, 3.8) is 0 Å². The Morgan fingerprint density at radius 2 is 2.00 bits per heavy atom. The summed E-state index contributed by atoms with van der Waals surface area (Å²) in [6, 6.07) is 10.1. The number of benzene rings is 2. The van der Waals surface area contributed by atoms with Crippen LogP contribution < -0.4 is 14.8 Å². The molecule has 1 aliphatic rings. The second-order valence-corrected chi connectivity index (χ2v) is 6.89. The number of nitrogens with one attached hydrogen (secondary N) is 2. The monoisotopic (exact) mass is 354 g/mol. The Morgan fingerprint density at radius 3 is 2.85 bits per heavy atom. The highest BCUT2D eigenvalue weighted by Gasteiger charge is 2.32. The van der Waals surface area contributed by atoms with Crippen LogP contribution in [-0.4, -0.2) is 17.7 Å². The van der Waals surface area contributed by atoms with Gasteiger partial charge in [0.05, 0.1) is 5.41 Å². The number of H-pyrrole nitrogens is 1. The molecule has 5 nitrogen and oxygen atoms in total. The Balaban J connectivity index is 1.52. The number of aromatic amines is 1. The fraction of sp³-hybridized carbons (Fsp3) is 0.250. The summed E-state index contributed by atoms with van der Waals surface area (Å²) in [5.74, 6) is 0.984. The van der Waals surface area contributed by atoms with Crippen LogP contribution in [0.4, 0.5) is 4.39 Å². The Hall–Kier alpha value is -3.02. The summed E-state index contributed by atoms with van der Waals surface area (Å²) >= 11 is 0. The van der Waals surface area contributed by atoms with E-state index in [9.17, 15) is 9.18 Å². The summed E-state index contributed by atoms with van der Waals surface area (Å²) in [6.45, 7) is 4.32. The summed E-state index contributed by atoms with van der Waals surface area (Å²) in [5.41, 5.74) is 1.67. The predicted molar refractivity (Wildman–Crippen MR) is 95.7 cm³/mol. The molecule has 134 valence electrons. The normalized spacial score (nSPS) is 13.2. The predicted octanol–water partition coefficient (Wildman–Crippen LogP) is 3.63. The van der Waals surface area contributed by atoms with Crippen LogP contribution in [0.3, 0.4) is 0 Å². The van der Waals surface area contributed by atoms with Crippen LogP contribution in [0.5, 0.6) is 11.5 Å². The first-order valence-corrected chi connectivity index (χ1v) is 8.39. The van der Waals surface area contributed by atoms with Crippen LogP contribution >= 0.6 is 0 Å². The number of carbonyl (C=O) groups is 1. The summed E-state index contributed by atoms with van der Waals surface area (Å²) < 4.78 is 24.0. The lowest BCUT2D eigenvalue weighted by Crippen LogP contribution is -2.39. The number of fused-ring (bicyclic) bond motifs is 2. The molecule has 26 heavy (non-hydrogen) atoms. The molecular formula is C20H19FN2O3.